The molecule has 102 valence electrons. The van der Waals surface area contributed by atoms with Crippen LogP contribution in [0, 0.1) is 0 Å². The van der Waals surface area contributed by atoms with Crippen LogP contribution in [0.15, 0.2) is 53.2 Å². The van der Waals surface area contributed by atoms with Gasteiger partial charge in [0.05, 0.1) is 17.0 Å². The van der Waals surface area contributed by atoms with E-state index in [1.165, 1.54) is 12.3 Å². The van der Waals surface area contributed by atoms with E-state index < -0.39 is 0 Å². The van der Waals surface area contributed by atoms with E-state index in [2.05, 4.69) is 10.6 Å². The Morgan fingerprint density at radius 1 is 1.25 bits per heavy atom. The molecule has 2 N–H and O–H groups in total. The van der Waals surface area contributed by atoms with E-state index in [0.29, 0.717) is 16.5 Å². The molecule has 1 aromatic heterocycles. The number of para-hydroxylation sites is 1. The molecular weight excluding hydrogens is 296 g/mol. The summed E-state index contributed by atoms with van der Waals surface area (Å²) in [5.41, 5.74) is 0.634. The van der Waals surface area contributed by atoms with Gasteiger partial charge in [-0.3, -0.25) is 10.1 Å². The molecule has 0 saturated heterocycles. The largest absolute Gasteiger partial charge is 0.465 e. The first-order chi connectivity index (χ1) is 9.65. The van der Waals surface area contributed by atoms with Gasteiger partial charge in [-0.05, 0) is 42.6 Å². The van der Waals surface area contributed by atoms with Gasteiger partial charge in [0.15, 0.2) is 5.11 Å². The van der Waals surface area contributed by atoms with Gasteiger partial charge in [-0.15, -0.1) is 0 Å². The number of hydrogen-bond acceptors (Lipinski definition) is 3. The molecule has 0 spiro atoms. The molecule has 0 radical (unpaired) electrons. The predicted octanol–water partition coefficient (Wildman–Crippen LogP) is 3.46. The zero-order chi connectivity index (χ0) is 14.4. The fraction of sp³-hybridized carbons (Fsp3) is 0. The highest BCUT2D eigenvalue weighted by atomic mass is 35.5. The number of carbonyl (C=O) groups is 1. The summed E-state index contributed by atoms with van der Waals surface area (Å²) >= 11 is 11.0. The van der Waals surface area contributed by atoms with Crippen molar-refractivity contribution in [3.8, 4) is 0 Å². The summed E-state index contributed by atoms with van der Waals surface area (Å²) in [7, 11) is 0. The fourth-order valence-corrected chi connectivity index (χ4v) is 1.81. The van der Waals surface area contributed by atoms with Gasteiger partial charge in [0.2, 0.25) is 5.91 Å². The second-order valence-electron chi connectivity index (χ2n) is 3.77. The molecule has 20 heavy (non-hydrogen) atoms. The van der Waals surface area contributed by atoms with E-state index in [4.69, 9.17) is 28.2 Å². The van der Waals surface area contributed by atoms with Crippen molar-refractivity contribution >= 4 is 46.6 Å². The number of carbonyl (C=O) groups excluding carboxylic acids is 1. The van der Waals surface area contributed by atoms with Gasteiger partial charge in [-0.2, -0.15) is 0 Å². The third-order valence-electron chi connectivity index (χ3n) is 2.30. The van der Waals surface area contributed by atoms with Crippen LogP contribution in [0.2, 0.25) is 5.02 Å². The lowest BCUT2D eigenvalue weighted by Crippen LogP contribution is -2.32. The topological polar surface area (TPSA) is 54.3 Å². The molecule has 0 unspecified atom stereocenters. The molecule has 2 aromatic rings. The molecule has 6 heteroatoms. The summed E-state index contributed by atoms with van der Waals surface area (Å²) in [4.78, 5) is 11.6. The number of hydrogen-bond donors (Lipinski definition) is 2. The van der Waals surface area contributed by atoms with Crippen LogP contribution >= 0.6 is 23.8 Å². The summed E-state index contributed by atoms with van der Waals surface area (Å²) in [6, 6.07) is 10.6. The number of furan rings is 1. The monoisotopic (exact) mass is 306 g/mol. The van der Waals surface area contributed by atoms with Crippen molar-refractivity contribution < 1.29 is 9.21 Å². The quantitative estimate of drug-likeness (QED) is 0.673. The Kier molecular flexibility index (Phi) is 4.92. The minimum absolute atomic E-state index is 0.173. The molecule has 0 aliphatic heterocycles. The van der Waals surface area contributed by atoms with E-state index in [-0.39, 0.29) is 11.0 Å². The van der Waals surface area contributed by atoms with Crippen molar-refractivity contribution in [1.82, 2.24) is 5.32 Å². The molecule has 0 bridgehead atoms. The highest BCUT2D eigenvalue weighted by molar-refractivity contribution is 7.80. The molecule has 1 amide bonds. The van der Waals surface area contributed by atoms with Crippen molar-refractivity contribution in [2.24, 2.45) is 0 Å². The third-order valence-corrected chi connectivity index (χ3v) is 2.83. The molecule has 2 rings (SSSR count). The smallest absolute Gasteiger partial charge is 0.250 e. The molecule has 1 aromatic carbocycles. The SMILES string of the molecule is O=C(C=Cc1ccco1)NC(=S)Nc1ccccc1Cl. The van der Waals surface area contributed by atoms with Crippen LogP contribution in [0.5, 0.6) is 0 Å². The Hall–Kier alpha value is -2.11. The van der Waals surface area contributed by atoms with Crippen molar-refractivity contribution in [1.29, 1.82) is 0 Å². The van der Waals surface area contributed by atoms with Crippen molar-refractivity contribution in [2.45, 2.75) is 0 Å². The Morgan fingerprint density at radius 2 is 2.05 bits per heavy atom. The van der Waals surface area contributed by atoms with E-state index >= 15 is 0 Å². The summed E-state index contributed by atoms with van der Waals surface area (Å²) in [5.74, 6) is 0.232. The van der Waals surface area contributed by atoms with E-state index in [1.54, 1.807) is 36.4 Å². The van der Waals surface area contributed by atoms with E-state index in [9.17, 15) is 4.79 Å². The van der Waals surface area contributed by atoms with Crippen LogP contribution in [0.4, 0.5) is 5.69 Å². The Labute approximate surface area is 126 Å². The first-order valence-electron chi connectivity index (χ1n) is 5.73. The normalized spacial score (nSPS) is 10.4. The molecule has 0 aliphatic carbocycles. The number of benzene rings is 1. The molecular formula is C14H11ClN2O2S. The van der Waals surface area contributed by atoms with Gasteiger partial charge in [0.25, 0.3) is 0 Å². The molecule has 0 atom stereocenters. The van der Waals surface area contributed by atoms with Crippen molar-refractivity contribution in [2.75, 3.05) is 5.32 Å². The predicted molar refractivity (Wildman–Crippen MR) is 83.6 cm³/mol. The van der Waals surface area contributed by atoms with Gasteiger partial charge >= 0.3 is 0 Å². The lowest BCUT2D eigenvalue weighted by molar-refractivity contribution is -0.115. The number of nitrogens with one attached hydrogen (secondary N) is 2. The Morgan fingerprint density at radius 3 is 2.75 bits per heavy atom. The second-order valence-corrected chi connectivity index (χ2v) is 4.59. The summed E-state index contributed by atoms with van der Waals surface area (Å²) in [5, 5.41) is 6.05. The number of thiocarbonyl (C=S) groups is 1. The second kappa shape index (κ2) is 6.88. The van der Waals surface area contributed by atoms with Gasteiger partial charge in [0.1, 0.15) is 5.76 Å². The van der Waals surface area contributed by atoms with E-state index in [0.717, 1.165) is 0 Å². The van der Waals surface area contributed by atoms with Crippen LogP contribution in [0.25, 0.3) is 6.08 Å². The van der Waals surface area contributed by atoms with Gasteiger partial charge in [-0.1, -0.05) is 23.7 Å². The summed E-state index contributed by atoms with van der Waals surface area (Å²) < 4.78 is 5.07. The van der Waals surface area contributed by atoms with Crippen molar-refractivity contribution in [3.05, 3.63) is 59.5 Å². The van der Waals surface area contributed by atoms with Gasteiger partial charge in [0, 0.05) is 6.08 Å². The minimum atomic E-state index is -0.356. The summed E-state index contributed by atoms with van der Waals surface area (Å²) in [6.07, 6.45) is 4.41. The van der Waals surface area contributed by atoms with Crippen LogP contribution in [0.1, 0.15) is 5.76 Å². The zero-order valence-electron chi connectivity index (χ0n) is 10.3. The lowest BCUT2D eigenvalue weighted by atomic mass is 10.3. The van der Waals surface area contributed by atoms with Crippen LogP contribution < -0.4 is 10.6 Å². The van der Waals surface area contributed by atoms with Crippen LogP contribution in [-0.4, -0.2) is 11.0 Å². The number of halogens is 1. The fourth-order valence-electron chi connectivity index (χ4n) is 1.41. The molecule has 0 saturated carbocycles. The third kappa shape index (κ3) is 4.22. The average Bonchev–Trinajstić information content (AvgIpc) is 2.92. The minimum Gasteiger partial charge on any atom is -0.465 e. The van der Waals surface area contributed by atoms with Crippen molar-refractivity contribution in [3.63, 3.8) is 0 Å². The highest BCUT2D eigenvalue weighted by Crippen LogP contribution is 2.20. The van der Waals surface area contributed by atoms with Crippen LogP contribution in [0.3, 0.4) is 0 Å². The molecule has 4 nitrogen and oxygen atoms in total. The maximum atomic E-state index is 11.6. The maximum Gasteiger partial charge on any atom is 0.250 e. The number of rotatable bonds is 3. The van der Waals surface area contributed by atoms with Gasteiger partial charge in [-0.25, -0.2) is 0 Å². The summed E-state index contributed by atoms with van der Waals surface area (Å²) in [6.45, 7) is 0. The lowest BCUT2D eigenvalue weighted by Gasteiger charge is -2.09. The Bertz CT molecular complexity index is 638. The Balaban J connectivity index is 1.88. The van der Waals surface area contributed by atoms with Gasteiger partial charge < -0.3 is 9.73 Å². The average molecular weight is 307 g/mol. The zero-order valence-corrected chi connectivity index (χ0v) is 11.9. The maximum absolute atomic E-state index is 11.6. The first-order valence-corrected chi connectivity index (χ1v) is 6.52. The number of amides is 1. The van der Waals surface area contributed by atoms with E-state index in [1.807, 2.05) is 6.07 Å². The molecule has 0 fully saturated rings. The molecule has 0 aliphatic rings. The first kappa shape index (κ1) is 14.3. The van der Waals surface area contributed by atoms with Crippen LogP contribution in [-0.2, 0) is 4.79 Å². The highest BCUT2D eigenvalue weighted by Gasteiger charge is 2.04. The number of anilines is 1. The standard InChI is InChI=1S/C14H11ClN2O2S/c15-11-5-1-2-6-12(11)16-14(20)17-13(18)8-7-10-4-3-9-19-10/h1-9H,(H2,16,17,18,20). The molecule has 1 heterocycles.